The van der Waals surface area contributed by atoms with Gasteiger partial charge in [0, 0.05) is 19.0 Å². The Balaban J connectivity index is 1.84. The molecule has 0 fully saturated rings. The van der Waals surface area contributed by atoms with Crippen LogP contribution in [0, 0.1) is 0 Å². The first-order chi connectivity index (χ1) is 9.69. The summed E-state index contributed by atoms with van der Waals surface area (Å²) < 4.78 is 1.64. The van der Waals surface area contributed by atoms with Crippen LogP contribution < -0.4 is 11.1 Å². The number of anilines is 1. The molecule has 0 saturated carbocycles. The van der Waals surface area contributed by atoms with E-state index in [1.165, 1.54) is 0 Å². The number of nitrogens with zero attached hydrogens (tertiary/aromatic N) is 3. The zero-order valence-electron chi connectivity index (χ0n) is 10.9. The summed E-state index contributed by atoms with van der Waals surface area (Å²) in [6.07, 6.45) is 2.79. The molecule has 7 heteroatoms. The first-order valence-electron chi connectivity index (χ1n) is 6.32. The highest BCUT2D eigenvalue weighted by atomic mass is 35.5. The van der Waals surface area contributed by atoms with Crippen LogP contribution in [0.25, 0.3) is 0 Å². The van der Waals surface area contributed by atoms with E-state index in [0.29, 0.717) is 36.6 Å². The Labute approximate surface area is 121 Å². The topological polar surface area (TPSA) is 85.8 Å². The molecule has 106 valence electrons. The van der Waals surface area contributed by atoms with Crippen molar-refractivity contribution in [1.82, 2.24) is 15.0 Å². The molecule has 1 aromatic carbocycles. The number of carbonyl (C=O) groups is 1. The van der Waals surface area contributed by atoms with Crippen molar-refractivity contribution in [3.8, 4) is 0 Å². The van der Waals surface area contributed by atoms with Gasteiger partial charge in [0.1, 0.15) is 0 Å². The summed E-state index contributed by atoms with van der Waals surface area (Å²) in [5.74, 6) is -0.117. The van der Waals surface area contributed by atoms with Gasteiger partial charge < -0.3 is 11.1 Å². The summed E-state index contributed by atoms with van der Waals surface area (Å²) in [6.45, 7) is 1.000. The zero-order valence-corrected chi connectivity index (χ0v) is 11.7. The van der Waals surface area contributed by atoms with Crippen LogP contribution in [0.1, 0.15) is 12.1 Å². The molecule has 3 N–H and O–H groups in total. The number of rotatable bonds is 6. The van der Waals surface area contributed by atoms with Gasteiger partial charge in [-0.15, -0.1) is 5.10 Å². The van der Waals surface area contributed by atoms with Crippen LogP contribution in [0.5, 0.6) is 0 Å². The molecule has 2 aromatic rings. The van der Waals surface area contributed by atoms with Gasteiger partial charge in [-0.05, 0) is 18.7 Å². The first kappa shape index (κ1) is 14.5. The van der Waals surface area contributed by atoms with Crippen molar-refractivity contribution in [2.45, 2.75) is 19.4 Å². The third kappa shape index (κ3) is 4.04. The van der Waals surface area contributed by atoms with Crippen LogP contribution in [0.15, 0.2) is 30.5 Å². The summed E-state index contributed by atoms with van der Waals surface area (Å²) in [7, 11) is 0. The molecule has 0 saturated heterocycles. The van der Waals surface area contributed by atoms with E-state index in [0.717, 1.165) is 5.69 Å². The molecule has 0 spiro atoms. The number of hydrogen-bond acceptors (Lipinski definition) is 4. The van der Waals surface area contributed by atoms with E-state index in [1.807, 2.05) is 12.1 Å². The van der Waals surface area contributed by atoms with Gasteiger partial charge in [-0.3, -0.25) is 9.48 Å². The standard InChI is InChI=1S/C13H16ClN5O/c14-11-3-1-2-4-12(11)16-13(20)6-8-19-9-10(5-7-15)17-18-19/h1-4,9H,5-8,15H2,(H,16,20). The Morgan fingerprint density at radius 2 is 2.20 bits per heavy atom. The second kappa shape index (κ2) is 7.02. The van der Waals surface area contributed by atoms with Gasteiger partial charge in [-0.1, -0.05) is 28.9 Å². The molecule has 0 atom stereocenters. The molecule has 0 aliphatic heterocycles. The lowest BCUT2D eigenvalue weighted by Gasteiger charge is -2.06. The summed E-state index contributed by atoms with van der Waals surface area (Å²) in [5.41, 5.74) is 6.88. The lowest BCUT2D eigenvalue weighted by Crippen LogP contribution is -2.15. The highest BCUT2D eigenvalue weighted by molar-refractivity contribution is 6.33. The van der Waals surface area contributed by atoms with E-state index in [2.05, 4.69) is 15.6 Å². The predicted molar refractivity (Wildman–Crippen MR) is 77.5 cm³/mol. The number of aryl methyl sites for hydroxylation is 1. The molecule has 0 aliphatic carbocycles. The molecule has 1 aromatic heterocycles. The SMILES string of the molecule is NCCc1cn(CCC(=O)Nc2ccccc2Cl)nn1. The third-order valence-corrected chi connectivity index (χ3v) is 3.03. The van der Waals surface area contributed by atoms with Crippen molar-refractivity contribution in [2.75, 3.05) is 11.9 Å². The number of para-hydroxylation sites is 1. The average molecular weight is 294 g/mol. The number of aromatic nitrogens is 3. The Kier molecular flexibility index (Phi) is 5.09. The minimum atomic E-state index is -0.117. The summed E-state index contributed by atoms with van der Waals surface area (Å²) in [6, 6.07) is 7.12. The number of nitrogens with one attached hydrogen (secondary N) is 1. The van der Waals surface area contributed by atoms with E-state index < -0.39 is 0 Å². The number of benzene rings is 1. The molecule has 0 unspecified atom stereocenters. The summed E-state index contributed by atoms with van der Waals surface area (Å²) in [4.78, 5) is 11.8. The number of amides is 1. The molecule has 1 heterocycles. The smallest absolute Gasteiger partial charge is 0.226 e. The Bertz CT molecular complexity index is 584. The third-order valence-electron chi connectivity index (χ3n) is 2.70. The largest absolute Gasteiger partial charge is 0.330 e. The van der Waals surface area contributed by atoms with E-state index in [1.54, 1.807) is 23.0 Å². The maximum atomic E-state index is 11.8. The van der Waals surface area contributed by atoms with Crippen molar-refractivity contribution in [2.24, 2.45) is 5.73 Å². The van der Waals surface area contributed by atoms with Crippen LogP contribution in [-0.2, 0) is 17.8 Å². The van der Waals surface area contributed by atoms with Gasteiger partial charge in [-0.25, -0.2) is 0 Å². The van der Waals surface area contributed by atoms with Crippen molar-refractivity contribution in [3.05, 3.63) is 41.2 Å². The fourth-order valence-electron chi connectivity index (χ4n) is 1.70. The zero-order chi connectivity index (χ0) is 14.4. The fraction of sp³-hybridized carbons (Fsp3) is 0.308. The molecule has 0 bridgehead atoms. The fourth-order valence-corrected chi connectivity index (χ4v) is 1.88. The molecule has 0 aliphatic rings. The highest BCUT2D eigenvalue weighted by Crippen LogP contribution is 2.20. The summed E-state index contributed by atoms with van der Waals surface area (Å²) in [5, 5.41) is 11.2. The first-order valence-corrected chi connectivity index (χ1v) is 6.70. The molecular formula is C13H16ClN5O. The predicted octanol–water partition coefficient (Wildman–Crippen LogP) is 1.46. The van der Waals surface area contributed by atoms with E-state index in [9.17, 15) is 4.79 Å². The van der Waals surface area contributed by atoms with Crippen molar-refractivity contribution in [3.63, 3.8) is 0 Å². The quantitative estimate of drug-likeness (QED) is 0.844. The van der Waals surface area contributed by atoms with Gasteiger partial charge in [0.25, 0.3) is 0 Å². The minimum absolute atomic E-state index is 0.117. The van der Waals surface area contributed by atoms with Gasteiger partial charge >= 0.3 is 0 Å². The van der Waals surface area contributed by atoms with Crippen LogP contribution in [0.4, 0.5) is 5.69 Å². The van der Waals surface area contributed by atoms with Gasteiger partial charge in [-0.2, -0.15) is 0 Å². The number of nitrogens with two attached hydrogens (primary N) is 1. The van der Waals surface area contributed by atoms with E-state index in [4.69, 9.17) is 17.3 Å². The molecular weight excluding hydrogens is 278 g/mol. The van der Waals surface area contributed by atoms with Crippen LogP contribution in [0.3, 0.4) is 0 Å². The normalized spacial score (nSPS) is 10.5. The Hall–Kier alpha value is -1.92. The second-order valence-corrected chi connectivity index (χ2v) is 4.70. The van der Waals surface area contributed by atoms with Crippen LogP contribution >= 0.6 is 11.6 Å². The number of halogens is 1. The number of carbonyl (C=O) groups excluding carboxylic acids is 1. The number of hydrogen-bond donors (Lipinski definition) is 2. The lowest BCUT2D eigenvalue weighted by atomic mass is 10.3. The van der Waals surface area contributed by atoms with Crippen molar-refractivity contribution >= 4 is 23.2 Å². The Morgan fingerprint density at radius 1 is 1.40 bits per heavy atom. The molecule has 2 rings (SSSR count). The maximum absolute atomic E-state index is 11.8. The average Bonchev–Trinajstić information content (AvgIpc) is 2.87. The molecule has 6 nitrogen and oxygen atoms in total. The lowest BCUT2D eigenvalue weighted by molar-refractivity contribution is -0.116. The summed E-state index contributed by atoms with van der Waals surface area (Å²) >= 11 is 5.97. The minimum Gasteiger partial charge on any atom is -0.330 e. The Morgan fingerprint density at radius 3 is 2.95 bits per heavy atom. The van der Waals surface area contributed by atoms with Crippen molar-refractivity contribution < 1.29 is 4.79 Å². The van der Waals surface area contributed by atoms with Gasteiger partial charge in [0.2, 0.25) is 5.91 Å². The van der Waals surface area contributed by atoms with Crippen LogP contribution in [0.2, 0.25) is 5.02 Å². The van der Waals surface area contributed by atoms with Gasteiger partial charge in [0.05, 0.1) is 22.9 Å². The van der Waals surface area contributed by atoms with Crippen LogP contribution in [-0.4, -0.2) is 27.4 Å². The van der Waals surface area contributed by atoms with E-state index >= 15 is 0 Å². The molecule has 20 heavy (non-hydrogen) atoms. The van der Waals surface area contributed by atoms with E-state index in [-0.39, 0.29) is 5.91 Å². The van der Waals surface area contributed by atoms with Gasteiger partial charge in [0.15, 0.2) is 0 Å². The van der Waals surface area contributed by atoms with Crippen molar-refractivity contribution in [1.29, 1.82) is 0 Å². The molecule has 1 amide bonds. The monoisotopic (exact) mass is 293 g/mol. The maximum Gasteiger partial charge on any atom is 0.226 e. The second-order valence-electron chi connectivity index (χ2n) is 4.29. The highest BCUT2D eigenvalue weighted by Gasteiger charge is 2.06. The molecule has 0 radical (unpaired) electrons.